The van der Waals surface area contributed by atoms with Gasteiger partial charge in [-0.1, -0.05) is 33.2 Å². The van der Waals surface area contributed by atoms with Gasteiger partial charge in [0, 0.05) is 16.2 Å². The lowest BCUT2D eigenvalue weighted by atomic mass is 10.1. The molecule has 0 aliphatic carbocycles. The smallest absolute Gasteiger partial charge is 0.248 e. The van der Waals surface area contributed by atoms with Crippen LogP contribution >= 0.6 is 15.9 Å². The molecule has 0 bridgehead atoms. The molecule has 6 nitrogen and oxygen atoms in total. The molecule has 0 saturated heterocycles. The fraction of sp³-hybridized carbons (Fsp3) is 0.217. The topological polar surface area (TPSA) is 73.6 Å². The first-order valence-corrected chi connectivity index (χ1v) is 10.1. The minimum absolute atomic E-state index is 0.214. The van der Waals surface area contributed by atoms with Crippen molar-refractivity contribution in [2.75, 3.05) is 12.4 Å². The summed E-state index contributed by atoms with van der Waals surface area (Å²) in [5.74, 6) is 1.70. The molecule has 0 saturated carbocycles. The molecular formula is C23H23BrN2O4. The van der Waals surface area contributed by atoms with Crippen molar-refractivity contribution >= 4 is 33.6 Å². The Morgan fingerprint density at radius 1 is 1.17 bits per heavy atom. The summed E-state index contributed by atoms with van der Waals surface area (Å²) in [5, 5.41) is 6.81. The highest BCUT2D eigenvalue weighted by molar-refractivity contribution is 9.10. The third kappa shape index (κ3) is 5.30. The van der Waals surface area contributed by atoms with Crippen LogP contribution in [0.5, 0.6) is 11.5 Å². The lowest BCUT2D eigenvalue weighted by molar-refractivity contribution is -0.111. The first kappa shape index (κ1) is 21.6. The summed E-state index contributed by atoms with van der Waals surface area (Å²) in [7, 11) is 1.58. The average Bonchev–Trinajstić information content (AvgIpc) is 3.05. The molecule has 0 fully saturated rings. The summed E-state index contributed by atoms with van der Waals surface area (Å²) in [6, 6.07) is 11.2. The fourth-order valence-corrected chi connectivity index (χ4v) is 3.20. The molecule has 0 radical (unpaired) electrons. The van der Waals surface area contributed by atoms with Crippen molar-refractivity contribution in [3.05, 3.63) is 75.1 Å². The molecule has 30 heavy (non-hydrogen) atoms. The number of halogens is 1. The van der Waals surface area contributed by atoms with Crippen molar-refractivity contribution in [3.63, 3.8) is 0 Å². The number of amides is 1. The second-order valence-electron chi connectivity index (χ2n) is 6.78. The van der Waals surface area contributed by atoms with E-state index in [-0.39, 0.29) is 5.91 Å². The van der Waals surface area contributed by atoms with Crippen LogP contribution in [0, 0.1) is 20.8 Å². The first-order valence-electron chi connectivity index (χ1n) is 9.35. The Morgan fingerprint density at radius 2 is 1.97 bits per heavy atom. The summed E-state index contributed by atoms with van der Waals surface area (Å²) in [5.41, 5.74) is 4.29. The number of nitrogens with one attached hydrogen (secondary N) is 1. The van der Waals surface area contributed by atoms with Crippen LogP contribution in [0.2, 0.25) is 0 Å². The van der Waals surface area contributed by atoms with Gasteiger partial charge in [-0.05, 0) is 62.2 Å². The highest BCUT2D eigenvalue weighted by atomic mass is 79.9. The van der Waals surface area contributed by atoms with Gasteiger partial charge in [-0.25, -0.2) is 0 Å². The maximum absolute atomic E-state index is 12.3. The number of aryl methyl sites for hydroxylation is 3. The van der Waals surface area contributed by atoms with Gasteiger partial charge < -0.3 is 19.3 Å². The molecule has 0 aliphatic heterocycles. The number of anilines is 1. The highest BCUT2D eigenvalue weighted by Crippen LogP contribution is 2.30. The minimum Gasteiger partial charge on any atom is -0.493 e. The molecule has 1 amide bonds. The van der Waals surface area contributed by atoms with Gasteiger partial charge in [-0.2, -0.15) is 0 Å². The molecule has 1 heterocycles. The first-order chi connectivity index (χ1) is 14.4. The molecule has 0 aliphatic rings. The van der Waals surface area contributed by atoms with Crippen molar-refractivity contribution in [2.24, 2.45) is 0 Å². The molecule has 1 N–H and O–H groups in total. The molecule has 0 unspecified atom stereocenters. The maximum atomic E-state index is 12.3. The van der Waals surface area contributed by atoms with Gasteiger partial charge in [-0.15, -0.1) is 0 Å². The lowest BCUT2D eigenvalue weighted by Crippen LogP contribution is -2.08. The maximum Gasteiger partial charge on any atom is 0.248 e. The Labute approximate surface area is 184 Å². The number of methoxy groups -OCH3 is 1. The molecule has 3 rings (SSSR count). The Bertz CT molecular complexity index is 1070. The summed E-state index contributed by atoms with van der Waals surface area (Å²) >= 11 is 3.41. The normalized spacial score (nSPS) is 11.0. The summed E-state index contributed by atoms with van der Waals surface area (Å²) in [6.45, 7) is 6.00. The Morgan fingerprint density at radius 3 is 2.67 bits per heavy atom. The van der Waals surface area contributed by atoms with Crippen LogP contribution in [0.25, 0.3) is 6.08 Å². The van der Waals surface area contributed by atoms with Gasteiger partial charge >= 0.3 is 0 Å². The Kier molecular flexibility index (Phi) is 6.95. The number of carbonyl (C=O) groups excluding carboxylic acids is 1. The van der Waals surface area contributed by atoms with Crippen molar-refractivity contribution in [1.82, 2.24) is 5.16 Å². The van der Waals surface area contributed by atoms with Crippen LogP contribution in [0.1, 0.15) is 28.1 Å². The lowest BCUT2D eigenvalue weighted by Gasteiger charge is -2.11. The fourth-order valence-electron chi connectivity index (χ4n) is 2.84. The zero-order valence-corrected chi connectivity index (χ0v) is 18.9. The zero-order chi connectivity index (χ0) is 21.7. The van der Waals surface area contributed by atoms with E-state index in [9.17, 15) is 4.79 Å². The van der Waals surface area contributed by atoms with Crippen molar-refractivity contribution in [1.29, 1.82) is 0 Å². The molecule has 2 aromatic carbocycles. The molecule has 3 aromatic rings. The third-order valence-corrected chi connectivity index (χ3v) is 5.12. The predicted molar refractivity (Wildman–Crippen MR) is 120 cm³/mol. The number of nitrogens with zero attached hydrogens (tertiary/aromatic N) is 1. The van der Waals surface area contributed by atoms with Crippen LogP contribution in [0.4, 0.5) is 5.69 Å². The summed E-state index contributed by atoms with van der Waals surface area (Å²) in [6.07, 6.45) is 3.21. The van der Waals surface area contributed by atoms with Gasteiger partial charge in [0.05, 0.1) is 18.4 Å². The SMILES string of the molecule is COc1cc(/C=C/C(=O)Nc2cc(Br)ccc2C)ccc1OCc1c(C)noc1C. The monoisotopic (exact) mass is 470 g/mol. The second kappa shape index (κ2) is 9.63. The van der Waals surface area contributed by atoms with Crippen molar-refractivity contribution in [3.8, 4) is 11.5 Å². The number of ether oxygens (including phenoxy) is 2. The van der Waals surface area contributed by atoms with Crippen LogP contribution < -0.4 is 14.8 Å². The molecule has 7 heteroatoms. The molecule has 0 spiro atoms. The average molecular weight is 471 g/mol. The zero-order valence-electron chi connectivity index (χ0n) is 17.3. The quantitative estimate of drug-likeness (QED) is 0.454. The van der Waals surface area contributed by atoms with Crippen LogP contribution in [-0.4, -0.2) is 18.2 Å². The van der Waals surface area contributed by atoms with E-state index in [1.165, 1.54) is 6.08 Å². The largest absolute Gasteiger partial charge is 0.493 e. The van der Waals surface area contributed by atoms with E-state index in [1.807, 2.05) is 57.2 Å². The van der Waals surface area contributed by atoms with Crippen molar-refractivity contribution in [2.45, 2.75) is 27.4 Å². The van der Waals surface area contributed by atoms with Gasteiger partial charge in [0.15, 0.2) is 11.5 Å². The number of hydrogen-bond acceptors (Lipinski definition) is 5. The number of benzene rings is 2. The molecule has 156 valence electrons. The molecule has 0 atom stereocenters. The molecule has 1 aromatic heterocycles. The van der Waals surface area contributed by atoms with Gasteiger partial charge in [0.25, 0.3) is 0 Å². The summed E-state index contributed by atoms with van der Waals surface area (Å²) in [4.78, 5) is 12.3. The van der Waals surface area contributed by atoms with E-state index in [0.717, 1.165) is 38.3 Å². The van der Waals surface area contributed by atoms with Crippen molar-refractivity contribution < 1.29 is 18.8 Å². The third-order valence-electron chi connectivity index (χ3n) is 4.63. The van der Waals surface area contributed by atoms with E-state index in [0.29, 0.717) is 18.1 Å². The van der Waals surface area contributed by atoms with E-state index in [4.69, 9.17) is 14.0 Å². The van der Waals surface area contributed by atoms with Gasteiger partial charge in [0.1, 0.15) is 12.4 Å². The number of aromatic nitrogens is 1. The second-order valence-corrected chi connectivity index (χ2v) is 7.70. The highest BCUT2D eigenvalue weighted by Gasteiger charge is 2.12. The summed E-state index contributed by atoms with van der Waals surface area (Å²) < 4.78 is 17.4. The van der Waals surface area contributed by atoms with Gasteiger partial charge in [-0.3, -0.25) is 4.79 Å². The Balaban J connectivity index is 1.68. The van der Waals surface area contributed by atoms with Crippen LogP contribution in [0.3, 0.4) is 0 Å². The van der Waals surface area contributed by atoms with E-state index >= 15 is 0 Å². The minimum atomic E-state index is -0.214. The standard InChI is InChI=1S/C23H23BrN2O4/c1-14-5-8-18(24)12-20(14)25-23(27)10-7-17-6-9-21(22(11-17)28-4)29-13-19-15(2)26-30-16(19)3/h5-12H,13H2,1-4H3,(H,25,27)/b10-7+. The van der Waals surface area contributed by atoms with Crippen LogP contribution in [-0.2, 0) is 11.4 Å². The molecular weight excluding hydrogens is 448 g/mol. The van der Waals surface area contributed by atoms with Crippen LogP contribution in [0.15, 0.2) is 51.5 Å². The van der Waals surface area contributed by atoms with Gasteiger partial charge in [0.2, 0.25) is 5.91 Å². The van der Waals surface area contributed by atoms with E-state index in [1.54, 1.807) is 13.2 Å². The predicted octanol–water partition coefficient (Wildman–Crippen LogP) is 5.60. The van der Waals surface area contributed by atoms with E-state index in [2.05, 4.69) is 26.4 Å². The number of carbonyl (C=O) groups is 1. The number of rotatable bonds is 7. The van der Waals surface area contributed by atoms with E-state index < -0.39 is 0 Å². The number of hydrogen-bond donors (Lipinski definition) is 1. The Hall–Kier alpha value is -3.06.